The van der Waals surface area contributed by atoms with Crippen LogP contribution in [0.5, 0.6) is 0 Å². The summed E-state index contributed by atoms with van der Waals surface area (Å²) in [6.45, 7) is 3.85. The summed E-state index contributed by atoms with van der Waals surface area (Å²) in [5.41, 5.74) is 3.83. The molecule has 0 radical (unpaired) electrons. The van der Waals surface area contributed by atoms with E-state index in [1.54, 1.807) is 4.90 Å². The van der Waals surface area contributed by atoms with Crippen molar-refractivity contribution >= 4 is 11.9 Å². The molecule has 0 aliphatic carbocycles. The number of rotatable bonds is 3. The molecular weight excluding hydrogens is 390 g/mol. The zero-order chi connectivity index (χ0) is 21.2. The maximum atomic E-state index is 12.9. The third kappa shape index (κ3) is 4.18. The van der Waals surface area contributed by atoms with E-state index >= 15 is 0 Å². The Morgan fingerprint density at radius 1 is 1.00 bits per heavy atom. The molecule has 7 heteroatoms. The quantitative estimate of drug-likeness (QED) is 0.828. The first-order valence-corrected chi connectivity index (χ1v) is 11.6. The summed E-state index contributed by atoms with van der Waals surface area (Å²) in [5.74, 6) is 1.43. The highest BCUT2D eigenvalue weighted by molar-refractivity contribution is 5.84. The van der Waals surface area contributed by atoms with Gasteiger partial charge in [-0.3, -0.25) is 4.79 Å². The molecule has 0 saturated carbocycles. The third-order valence-corrected chi connectivity index (χ3v) is 6.98. The van der Waals surface area contributed by atoms with Crippen LogP contribution >= 0.6 is 0 Å². The van der Waals surface area contributed by atoms with Gasteiger partial charge in [-0.1, -0.05) is 24.3 Å². The summed E-state index contributed by atoms with van der Waals surface area (Å²) in [7, 11) is 0. The van der Waals surface area contributed by atoms with E-state index in [0.717, 1.165) is 44.6 Å². The fourth-order valence-corrected chi connectivity index (χ4v) is 5.24. The topological polar surface area (TPSA) is 70.5 Å². The Labute approximate surface area is 183 Å². The van der Waals surface area contributed by atoms with Crippen molar-refractivity contribution in [1.82, 2.24) is 24.7 Å². The van der Waals surface area contributed by atoms with Crippen LogP contribution in [0.1, 0.15) is 54.2 Å². The van der Waals surface area contributed by atoms with Gasteiger partial charge >= 0.3 is 6.03 Å². The first kappa shape index (κ1) is 20.1. The van der Waals surface area contributed by atoms with E-state index in [-0.39, 0.29) is 18.5 Å². The van der Waals surface area contributed by atoms with E-state index in [4.69, 9.17) is 4.98 Å². The molecule has 1 fully saturated rings. The van der Waals surface area contributed by atoms with Gasteiger partial charge in [-0.05, 0) is 49.7 Å². The molecule has 0 bridgehead atoms. The number of likely N-dealkylation sites (tertiary alicyclic amines) is 1. The second-order valence-corrected chi connectivity index (χ2v) is 8.99. The van der Waals surface area contributed by atoms with Gasteiger partial charge in [0.25, 0.3) is 0 Å². The average molecular weight is 422 g/mol. The maximum Gasteiger partial charge on any atom is 0.318 e. The molecule has 164 valence electrons. The number of benzene rings is 1. The monoisotopic (exact) mass is 421 g/mol. The summed E-state index contributed by atoms with van der Waals surface area (Å²) in [6.07, 6.45) is 8.48. The van der Waals surface area contributed by atoms with E-state index in [0.29, 0.717) is 25.6 Å². The molecule has 1 aromatic carbocycles. The Balaban J connectivity index is 1.15. The van der Waals surface area contributed by atoms with Gasteiger partial charge in [0.15, 0.2) is 0 Å². The van der Waals surface area contributed by atoms with Crippen LogP contribution in [-0.4, -0.2) is 57.5 Å². The second kappa shape index (κ2) is 8.73. The van der Waals surface area contributed by atoms with E-state index < -0.39 is 0 Å². The van der Waals surface area contributed by atoms with Crippen molar-refractivity contribution in [3.8, 4) is 0 Å². The molecule has 1 aromatic heterocycles. The number of hydrogen-bond acceptors (Lipinski definition) is 3. The Hall–Kier alpha value is -2.83. The molecule has 2 aromatic rings. The van der Waals surface area contributed by atoms with Gasteiger partial charge in [-0.25, -0.2) is 9.78 Å². The fourth-order valence-electron chi connectivity index (χ4n) is 5.24. The van der Waals surface area contributed by atoms with Crippen molar-refractivity contribution in [3.63, 3.8) is 0 Å². The van der Waals surface area contributed by atoms with Crippen LogP contribution in [-0.2, 0) is 30.7 Å². The van der Waals surface area contributed by atoms with Gasteiger partial charge in [0.05, 0.1) is 6.54 Å². The number of imidazole rings is 1. The number of carbonyl (C=O) groups is 2. The Morgan fingerprint density at radius 2 is 1.87 bits per heavy atom. The number of aromatic nitrogens is 2. The molecule has 0 spiro atoms. The number of carbonyl (C=O) groups excluding carboxylic acids is 2. The number of hydrogen-bond donors (Lipinski definition) is 1. The lowest BCUT2D eigenvalue weighted by atomic mass is 9.96. The number of amides is 3. The lowest BCUT2D eigenvalue weighted by Crippen LogP contribution is -2.48. The van der Waals surface area contributed by atoms with Gasteiger partial charge in [0.1, 0.15) is 5.82 Å². The number of aryl methyl sites for hydroxylation is 1. The maximum absolute atomic E-state index is 12.9. The van der Waals surface area contributed by atoms with Crippen LogP contribution in [0.4, 0.5) is 4.79 Å². The molecule has 1 unspecified atom stereocenters. The number of fused-ring (bicyclic) bond motifs is 2. The summed E-state index contributed by atoms with van der Waals surface area (Å²) in [6, 6.07) is 8.09. The molecule has 3 amide bonds. The van der Waals surface area contributed by atoms with Crippen molar-refractivity contribution in [1.29, 1.82) is 0 Å². The van der Waals surface area contributed by atoms with Crippen LogP contribution in [0.15, 0.2) is 30.5 Å². The van der Waals surface area contributed by atoms with Gasteiger partial charge in [-0.2, -0.15) is 0 Å². The van der Waals surface area contributed by atoms with Crippen LogP contribution in [0.3, 0.4) is 0 Å². The number of piperidine rings is 1. The highest BCUT2D eigenvalue weighted by atomic mass is 16.2. The van der Waals surface area contributed by atoms with Crippen molar-refractivity contribution < 1.29 is 9.59 Å². The van der Waals surface area contributed by atoms with Crippen molar-refractivity contribution in [2.24, 2.45) is 0 Å². The van der Waals surface area contributed by atoms with Gasteiger partial charge < -0.3 is 19.7 Å². The lowest BCUT2D eigenvalue weighted by molar-refractivity contribution is -0.131. The lowest BCUT2D eigenvalue weighted by Gasteiger charge is -2.34. The molecule has 1 atom stereocenters. The third-order valence-electron chi connectivity index (χ3n) is 6.98. The molecule has 31 heavy (non-hydrogen) atoms. The van der Waals surface area contributed by atoms with Gasteiger partial charge in [-0.15, -0.1) is 0 Å². The molecule has 7 nitrogen and oxygen atoms in total. The normalized spacial score (nSPS) is 20.7. The van der Waals surface area contributed by atoms with E-state index in [2.05, 4.69) is 22.0 Å². The van der Waals surface area contributed by atoms with Crippen molar-refractivity contribution in [3.05, 3.63) is 53.1 Å². The molecule has 3 aliphatic heterocycles. The highest BCUT2D eigenvalue weighted by Crippen LogP contribution is 2.29. The standard InChI is InChI=1S/C24H31N5O2/c30-22(15-26-24(31)28-13-10-18-6-1-2-7-19(18)16-28)27-11-5-8-20(17-27)23-25-14-21-9-3-4-12-29(21)23/h1-2,6-7,14,20H,3-5,8-13,15-17H2,(H,26,31). The average Bonchev–Trinajstić information content (AvgIpc) is 3.26. The molecular formula is C24H31N5O2. The number of nitrogens with one attached hydrogen (secondary N) is 1. The Morgan fingerprint density at radius 3 is 2.77 bits per heavy atom. The predicted octanol–water partition coefficient (Wildman–Crippen LogP) is 2.69. The minimum Gasteiger partial charge on any atom is -0.340 e. The molecule has 5 rings (SSSR count). The van der Waals surface area contributed by atoms with Gasteiger partial charge in [0, 0.05) is 50.5 Å². The minimum atomic E-state index is -0.154. The summed E-state index contributed by atoms with van der Waals surface area (Å²) in [5, 5.41) is 2.85. The Bertz CT molecular complexity index is 969. The highest BCUT2D eigenvalue weighted by Gasteiger charge is 2.29. The number of urea groups is 1. The zero-order valence-electron chi connectivity index (χ0n) is 18.1. The van der Waals surface area contributed by atoms with E-state index in [9.17, 15) is 9.59 Å². The molecule has 1 N–H and O–H groups in total. The van der Waals surface area contributed by atoms with E-state index in [1.165, 1.54) is 29.7 Å². The zero-order valence-corrected chi connectivity index (χ0v) is 18.1. The second-order valence-electron chi connectivity index (χ2n) is 8.99. The van der Waals surface area contributed by atoms with Crippen LogP contribution in [0, 0.1) is 0 Å². The fraction of sp³-hybridized carbons (Fsp3) is 0.542. The first-order valence-electron chi connectivity index (χ1n) is 11.6. The number of nitrogens with zero attached hydrogens (tertiary/aromatic N) is 4. The van der Waals surface area contributed by atoms with Crippen LogP contribution in [0.2, 0.25) is 0 Å². The summed E-state index contributed by atoms with van der Waals surface area (Å²) < 4.78 is 2.37. The van der Waals surface area contributed by atoms with Crippen molar-refractivity contribution in [2.75, 3.05) is 26.2 Å². The summed E-state index contributed by atoms with van der Waals surface area (Å²) >= 11 is 0. The minimum absolute atomic E-state index is 0.000818. The van der Waals surface area contributed by atoms with Gasteiger partial charge in [0.2, 0.25) is 5.91 Å². The molecule has 4 heterocycles. The van der Waals surface area contributed by atoms with Crippen LogP contribution < -0.4 is 5.32 Å². The predicted molar refractivity (Wildman–Crippen MR) is 118 cm³/mol. The molecule has 3 aliphatic rings. The summed E-state index contributed by atoms with van der Waals surface area (Å²) in [4.78, 5) is 33.9. The van der Waals surface area contributed by atoms with E-state index in [1.807, 2.05) is 23.2 Å². The SMILES string of the molecule is O=C(CNC(=O)N1CCc2ccccc2C1)N1CCCC(c2ncc3n2CCCC3)C1. The largest absolute Gasteiger partial charge is 0.340 e. The van der Waals surface area contributed by atoms with Crippen molar-refractivity contribution in [2.45, 2.75) is 57.5 Å². The van der Waals surface area contributed by atoms with Crippen LogP contribution in [0.25, 0.3) is 0 Å². The first-order chi connectivity index (χ1) is 15.2. The smallest absolute Gasteiger partial charge is 0.318 e. The molecule has 1 saturated heterocycles. The Kier molecular flexibility index (Phi) is 5.66.